The number of hydrogen-bond acceptors (Lipinski definition) is 4. The van der Waals surface area contributed by atoms with Gasteiger partial charge in [0, 0.05) is 24.0 Å². The van der Waals surface area contributed by atoms with Crippen LogP contribution in [0.4, 0.5) is 0 Å². The van der Waals surface area contributed by atoms with E-state index in [9.17, 15) is 9.59 Å². The van der Waals surface area contributed by atoms with Gasteiger partial charge in [-0.25, -0.2) is 0 Å². The maximum atomic E-state index is 13.1. The number of methoxy groups -OCH3 is 2. The number of rotatable bonds is 10. The van der Waals surface area contributed by atoms with Gasteiger partial charge in [0.15, 0.2) is 11.5 Å². The van der Waals surface area contributed by atoms with E-state index >= 15 is 0 Å². The van der Waals surface area contributed by atoms with E-state index in [1.807, 2.05) is 49.4 Å². The van der Waals surface area contributed by atoms with E-state index in [4.69, 9.17) is 9.47 Å². The lowest BCUT2D eigenvalue weighted by Crippen LogP contribution is -2.47. The van der Waals surface area contributed by atoms with Crippen molar-refractivity contribution in [1.29, 1.82) is 0 Å². The number of hydrogen-bond donors (Lipinski definition) is 1. The number of amides is 2. The molecule has 1 atom stereocenters. The first-order chi connectivity index (χ1) is 14.4. The molecule has 2 rings (SSSR count). The number of carbonyl (C=O) groups is 2. The average Bonchev–Trinajstić information content (AvgIpc) is 2.75. The Kier molecular flexibility index (Phi) is 9.17. The van der Waals surface area contributed by atoms with Gasteiger partial charge in [0.2, 0.25) is 11.8 Å². The molecule has 2 aromatic rings. The number of aryl methyl sites for hydroxylation is 1. The lowest BCUT2D eigenvalue weighted by atomic mass is 10.1. The van der Waals surface area contributed by atoms with Crippen molar-refractivity contribution in [3.63, 3.8) is 0 Å². The highest BCUT2D eigenvalue weighted by Gasteiger charge is 2.25. The van der Waals surface area contributed by atoms with Crippen LogP contribution in [-0.2, 0) is 22.6 Å². The molecule has 0 spiro atoms. The Morgan fingerprint density at radius 2 is 1.80 bits per heavy atom. The summed E-state index contributed by atoms with van der Waals surface area (Å²) in [5.74, 6) is 1.04. The molecule has 162 valence electrons. The average molecular weight is 477 g/mol. The lowest BCUT2D eigenvalue weighted by molar-refractivity contribution is -0.140. The van der Waals surface area contributed by atoms with Crippen LogP contribution in [0.3, 0.4) is 0 Å². The molecule has 30 heavy (non-hydrogen) atoms. The van der Waals surface area contributed by atoms with E-state index < -0.39 is 6.04 Å². The summed E-state index contributed by atoms with van der Waals surface area (Å²) in [4.78, 5) is 27.2. The molecule has 6 nitrogen and oxygen atoms in total. The number of ether oxygens (including phenoxy) is 2. The van der Waals surface area contributed by atoms with Crippen molar-refractivity contribution >= 4 is 27.7 Å². The summed E-state index contributed by atoms with van der Waals surface area (Å²) in [7, 11) is 3.17. The van der Waals surface area contributed by atoms with E-state index in [2.05, 4.69) is 21.2 Å². The van der Waals surface area contributed by atoms with Crippen molar-refractivity contribution in [3.8, 4) is 11.5 Å². The quantitative estimate of drug-likeness (QED) is 0.563. The molecular formula is C23H29BrN2O4. The molecule has 0 radical (unpaired) electrons. The van der Waals surface area contributed by atoms with Crippen LogP contribution >= 0.6 is 15.9 Å². The molecule has 2 amide bonds. The Hall–Kier alpha value is -2.54. The molecular weight excluding hydrogens is 448 g/mol. The highest BCUT2D eigenvalue weighted by Crippen LogP contribution is 2.28. The molecule has 2 aromatic carbocycles. The summed E-state index contributed by atoms with van der Waals surface area (Å²) in [6.45, 7) is 4.51. The molecule has 7 heteroatoms. The first kappa shape index (κ1) is 23.7. The Balaban J connectivity index is 2.16. The largest absolute Gasteiger partial charge is 0.493 e. The summed E-state index contributed by atoms with van der Waals surface area (Å²) in [6, 6.07) is 12.8. The predicted octanol–water partition coefficient (Wildman–Crippen LogP) is 3.95. The molecule has 0 saturated carbocycles. The first-order valence-corrected chi connectivity index (χ1v) is 10.7. The Bertz CT molecular complexity index is 872. The third-order valence-electron chi connectivity index (χ3n) is 4.84. The molecule has 0 fully saturated rings. The number of halogens is 1. The SMILES string of the molecule is CCNC(=O)[C@@H](C)N(Cc1cccc(Br)c1)C(=O)CCc1ccc(OC)c(OC)c1. The van der Waals surface area contributed by atoms with Gasteiger partial charge in [-0.3, -0.25) is 9.59 Å². The normalized spacial score (nSPS) is 11.5. The van der Waals surface area contributed by atoms with Crippen LogP contribution in [0, 0.1) is 0 Å². The molecule has 1 N–H and O–H groups in total. The second-order valence-electron chi connectivity index (χ2n) is 6.91. The third-order valence-corrected chi connectivity index (χ3v) is 5.33. The van der Waals surface area contributed by atoms with Crippen LogP contribution < -0.4 is 14.8 Å². The second kappa shape index (κ2) is 11.6. The molecule has 0 saturated heterocycles. The number of carbonyl (C=O) groups excluding carboxylic acids is 2. The Labute approximate surface area is 186 Å². The highest BCUT2D eigenvalue weighted by atomic mass is 79.9. The maximum absolute atomic E-state index is 13.1. The monoisotopic (exact) mass is 476 g/mol. The fourth-order valence-corrected chi connectivity index (χ4v) is 3.61. The zero-order valence-electron chi connectivity index (χ0n) is 17.9. The van der Waals surface area contributed by atoms with Gasteiger partial charge in [0.05, 0.1) is 14.2 Å². The zero-order chi connectivity index (χ0) is 22.1. The number of benzene rings is 2. The Morgan fingerprint density at radius 3 is 2.43 bits per heavy atom. The summed E-state index contributed by atoms with van der Waals surface area (Å²) in [6.07, 6.45) is 0.823. The van der Waals surface area contributed by atoms with Crippen LogP contribution in [0.25, 0.3) is 0 Å². The van der Waals surface area contributed by atoms with Crippen molar-refractivity contribution in [3.05, 3.63) is 58.1 Å². The molecule has 0 aliphatic rings. The smallest absolute Gasteiger partial charge is 0.242 e. The van der Waals surface area contributed by atoms with E-state index in [0.29, 0.717) is 31.0 Å². The third kappa shape index (κ3) is 6.49. The van der Waals surface area contributed by atoms with Crippen molar-refractivity contribution in [2.45, 2.75) is 39.3 Å². The minimum absolute atomic E-state index is 0.0801. The summed E-state index contributed by atoms with van der Waals surface area (Å²) >= 11 is 3.46. The number of nitrogens with one attached hydrogen (secondary N) is 1. The second-order valence-corrected chi connectivity index (χ2v) is 7.83. The van der Waals surface area contributed by atoms with Gasteiger partial charge in [0.25, 0.3) is 0 Å². The van der Waals surface area contributed by atoms with Gasteiger partial charge in [0.1, 0.15) is 6.04 Å². The van der Waals surface area contributed by atoms with Gasteiger partial charge in [-0.2, -0.15) is 0 Å². The van der Waals surface area contributed by atoms with Crippen LogP contribution in [-0.4, -0.2) is 43.5 Å². The lowest BCUT2D eigenvalue weighted by Gasteiger charge is -2.29. The van der Waals surface area contributed by atoms with Crippen molar-refractivity contribution in [2.24, 2.45) is 0 Å². The molecule has 0 aromatic heterocycles. The molecule has 0 aliphatic heterocycles. The van der Waals surface area contributed by atoms with Gasteiger partial charge in [-0.15, -0.1) is 0 Å². The van der Waals surface area contributed by atoms with Crippen LogP contribution in [0.2, 0.25) is 0 Å². The van der Waals surface area contributed by atoms with Crippen LogP contribution in [0.5, 0.6) is 11.5 Å². The number of likely N-dealkylation sites (N-methyl/N-ethyl adjacent to an activating group) is 1. The van der Waals surface area contributed by atoms with Gasteiger partial charge in [-0.1, -0.05) is 34.1 Å². The fraction of sp³-hybridized carbons (Fsp3) is 0.391. The van der Waals surface area contributed by atoms with Crippen molar-refractivity contribution in [2.75, 3.05) is 20.8 Å². The highest BCUT2D eigenvalue weighted by molar-refractivity contribution is 9.10. The van der Waals surface area contributed by atoms with Gasteiger partial charge >= 0.3 is 0 Å². The minimum Gasteiger partial charge on any atom is -0.493 e. The fourth-order valence-electron chi connectivity index (χ4n) is 3.17. The van der Waals surface area contributed by atoms with Crippen LogP contribution in [0.15, 0.2) is 46.9 Å². The first-order valence-electron chi connectivity index (χ1n) is 9.92. The standard InChI is InChI=1S/C23H29BrN2O4/c1-5-25-23(28)16(2)26(15-18-7-6-8-19(24)13-18)22(27)12-10-17-9-11-20(29-3)21(14-17)30-4/h6-9,11,13-14,16H,5,10,12,15H2,1-4H3,(H,25,28)/t16-/m1/s1. The zero-order valence-corrected chi connectivity index (χ0v) is 19.5. The van der Waals surface area contributed by atoms with Crippen molar-refractivity contribution in [1.82, 2.24) is 10.2 Å². The minimum atomic E-state index is -0.568. The van der Waals surface area contributed by atoms with E-state index in [1.165, 1.54) is 0 Å². The molecule has 0 unspecified atom stereocenters. The van der Waals surface area contributed by atoms with Crippen molar-refractivity contribution < 1.29 is 19.1 Å². The van der Waals surface area contributed by atoms with E-state index in [0.717, 1.165) is 15.6 Å². The molecule has 0 heterocycles. The molecule has 0 bridgehead atoms. The Morgan fingerprint density at radius 1 is 1.07 bits per heavy atom. The maximum Gasteiger partial charge on any atom is 0.242 e. The predicted molar refractivity (Wildman–Crippen MR) is 121 cm³/mol. The number of nitrogens with zero attached hydrogens (tertiary/aromatic N) is 1. The summed E-state index contributed by atoms with van der Waals surface area (Å²) < 4.78 is 11.5. The van der Waals surface area contributed by atoms with Gasteiger partial charge < -0.3 is 19.7 Å². The topological polar surface area (TPSA) is 67.9 Å². The summed E-state index contributed by atoms with van der Waals surface area (Å²) in [5.41, 5.74) is 1.93. The van der Waals surface area contributed by atoms with Crippen LogP contribution in [0.1, 0.15) is 31.4 Å². The summed E-state index contributed by atoms with van der Waals surface area (Å²) in [5, 5.41) is 2.81. The molecule has 0 aliphatic carbocycles. The van der Waals surface area contributed by atoms with E-state index in [-0.39, 0.29) is 18.2 Å². The van der Waals surface area contributed by atoms with Gasteiger partial charge in [-0.05, 0) is 55.7 Å². The van der Waals surface area contributed by atoms with E-state index in [1.54, 1.807) is 26.0 Å².